The third kappa shape index (κ3) is 6.12. The summed E-state index contributed by atoms with van der Waals surface area (Å²) in [6.45, 7) is 9.20. The van der Waals surface area contributed by atoms with Crippen LogP contribution in [0.5, 0.6) is 0 Å². The first-order valence-corrected chi connectivity index (χ1v) is 7.79. The maximum absolute atomic E-state index is 11.8. The molecule has 0 heterocycles. The average molecular weight is 285 g/mol. The molecule has 0 aromatic rings. The van der Waals surface area contributed by atoms with Crippen LogP contribution in [-0.2, 0) is 4.74 Å². The zero-order valence-electron chi connectivity index (χ0n) is 13.7. The normalized spacial score (nSPS) is 19.5. The van der Waals surface area contributed by atoms with Crippen LogP contribution in [0.15, 0.2) is 0 Å². The van der Waals surface area contributed by atoms with Crippen LogP contribution < -0.4 is 5.32 Å². The van der Waals surface area contributed by atoms with Crippen LogP contribution in [0, 0.1) is 5.92 Å². The first-order valence-electron chi connectivity index (χ1n) is 7.79. The topological polar surface area (TPSA) is 58.6 Å². The van der Waals surface area contributed by atoms with Crippen LogP contribution in [0.2, 0.25) is 0 Å². The molecule has 0 spiro atoms. The molecule has 1 fully saturated rings. The van der Waals surface area contributed by atoms with Crippen LogP contribution in [0.4, 0.5) is 4.79 Å². The van der Waals surface area contributed by atoms with Gasteiger partial charge in [-0.05, 0) is 47.0 Å². The number of hydrogen-bond donors (Lipinski definition) is 2. The Kier molecular flexibility index (Phi) is 5.87. The highest BCUT2D eigenvalue weighted by molar-refractivity contribution is 5.68. The SMILES string of the molecule is CC(C)(C)OC(=O)NC(C)(C)C(O)CC1CCCCC1. The van der Waals surface area contributed by atoms with Crippen LogP contribution in [0.3, 0.4) is 0 Å². The van der Waals surface area contributed by atoms with Gasteiger partial charge < -0.3 is 15.2 Å². The van der Waals surface area contributed by atoms with Crippen LogP contribution >= 0.6 is 0 Å². The van der Waals surface area contributed by atoms with E-state index in [-0.39, 0.29) is 0 Å². The van der Waals surface area contributed by atoms with E-state index in [1.165, 1.54) is 32.1 Å². The summed E-state index contributed by atoms with van der Waals surface area (Å²) in [6.07, 6.45) is 5.96. The monoisotopic (exact) mass is 285 g/mol. The van der Waals surface area contributed by atoms with E-state index < -0.39 is 23.3 Å². The Labute approximate surface area is 123 Å². The summed E-state index contributed by atoms with van der Waals surface area (Å²) in [5.74, 6) is 0.582. The first kappa shape index (κ1) is 17.3. The zero-order valence-corrected chi connectivity index (χ0v) is 13.7. The van der Waals surface area contributed by atoms with Crippen molar-refractivity contribution in [2.24, 2.45) is 5.92 Å². The summed E-state index contributed by atoms with van der Waals surface area (Å²) >= 11 is 0. The van der Waals surface area contributed by atoms with Crippen molar-refractivity contribution in [3.05, 3.63) is 0 Å². The van der Waals surface area contributed by atoms with Gasteiger partial charge in [0, 0.05) is 0 Å². The lowest BCUT2D eigenvalue weighted by molar-refractivity contribution is 0.0211. The van der Waals surface area contributed by atoms with Gasteiger partial charge in [0.15, 0.2) is 0 Å². The molecule has 1 aliphatic carbocycles. The predicted molar refractivity (Wildman–Crippen MR) is 80.6 cm³/mol. The Hall–Kier alpha value is -0.770. The van der Waals surface area contributed by atoms with E-state index in [0.29, 0.717) is 5.92 Å². The summed E-state index contributed by atoms with van der Waals surface area (Å²) in [5.41, 5.74) is -1.19. The Morgan fingerprint density at radius 2 is 1.75 bits per heavy atom. The molecule has 4 nitrogen and oxygen atoms in total. The predicted octanol–water partition coefficient (Wildman–Crippen LogP) is 3.62. The molecule has 4 heteroatoms. The van der Waals surface area contributed by atoms with Crippen molar-refractivity contribution in [2.45, 2.75) is 90.4 Å². The molecule has 0 aliphatic heterocycles. The summed E-state index contributed by atoms with van der Waals surface area (Å²) < 4.78 is 5.25. The Morgan fingerprint density at radius 1 is 1.20 bits per heavy atom. The number of nitrogens with one attached hydrogen (secondary N) is 1. The quantitative estimate of drug-likeness (QED) is 0.829. The highest BCUT2D eigenvalue weighted by Crippen LogP contribution is 2.29. The zero-order chi connectivity index (χ0) is 15.4. The number of aliphatic hydroxyl groups is 1. The third-order valence-corrected chi connectivity index (χ3v) is 3.94. The summed E-state index contributed by atoms with van der Waals surface area (Å²) in [4.78, 5) is 11.8. The lowest BCUT2D eigenvalue weighted by Crippen LogP contribution is -2.53. The molecule has 1 rings (SSSR count). The molecule has 20 heavy (non-hydrogen) atoms. The van der Waals surface area contributed by atoms with Crippen molar-refractivity contribution in [1.29, 1.82) is 0 Å². The van der Waals surface area contributed by atoms with Crippen molar-refractivity contribution in [3.8, 4) is 0 Å². The summed E-state index contributed by atoms with van der Waals surface area (Å²) in [7, 11) is 0. The molecule has 0 aromatic heterocycles. The van der Waals surface area contributed by atoms with E-state index in [1.807, 2.05) is 34.6 Å². The molecule has 1 unspecified atom stereocenters. The minimum atomic E-state index is -0.667. The lowest BCUT2D eigenvalue weighted by Gasteiger charge is -2.35. The van der Waals surface area contributed by atoms with E-state index in [4.69, 9.17) is 4.74 Å². The number of rotatable bonds is 4. The van der Waals surface area contributed by atoms with E-state index >= 15 is 0 Å². The van der Waals surface area contributed by atoms with Gasteiger partial charge in [0.25, 0.3) is 0 Å². The summed E-state index contributed by atoms with van der Waals surface area (Å²) in [5, 5.41) is 13.2. The minimum Gasteiger partial charge on any atom is -0.444 e. The number of ether oxygens (including phenoxy) is 1. The van der Waals surface area contributed by atoms with Crippen molar-refractivity contribution < 1.29 is 14.6 Å². The van der Waals surface area contributed by atoms with Gasteiger partial charge in [0.05, 0.1) is 11.6 Å². The van der Waals surface area contributed by atoms with Gasteiger partial charge >= 0.3 is 6.09 Å². The van der Waals surface area contributed by atoms with Gasteiger partial charge in [-0.1, -0.05) is 32.1 Å². The first-order chi connectivity index (χ1) is 9.10. The Bertz CT molecular complexity index is 314. The number of carbonyl (C=O) groups is 1. The molecular formula is C16H31NO3. The van der Waals surface area contributed by atoms with E-state index in [2.05, 4.69) is 5.32 Å². The second kappa shape index (κ2) is 6.79. The van der Waals surface area contributed by atoms with Gasteiger partial charge in [-0.2, -0.15) is 0 Å². The molecule has 118 valence electrons. The van der Waals surface area contributed by atoms with E-state index in [1.54, 1.807) is 0 Å². The molecule has 1 aliphatic rings. The molecule has 1 saturated carbocycles. The van der Waals surface area contributed by atoms with Gasteiger partial charge in [-0.3, -0.25) is 0 Å². The molecule has 1 atom stereocenters. The lowest BCUT2D eigenvalue weighted by atomic mass is 9.81. The van der Waals surface area contributed by atoms with Crippen LogP contribution in [-0.4, -0.2) is 28.4 Å². The largest absolute Gasteiger partial charge is 0.444 e. The molecule has 0 saturated heterocycles. The van der Waals surface area contributed by atoms with Gasteiger partial charge in [0.1, 0.15) is 5.60 Å². The average Bonchev–Trinajstić information content (AvgIpc) is 2.26. The number of aliphatic hydroxyl groups excluding tert-OH is 1. The van der Waals surface area contributed by atoms with Crippen molar-refractivity contribution in [2.75, 3.05) is 0 Å². The van der Waals surface area contributed by atoms with Gasteiger partial charge in [-0.15, -0.1) is 0 Å². The number of hydrogen-bond acceptors (Lipinski definition) is 3. The second-order valence-electron chi connectivity index (χ2n) is 7.60. The fourth-order valence-electron chi connectivity index (χ4n) is 2.68. The van der Waals surface area contributed by atoms with Gasteiger partial charge in [-0.25, -0.2) is 4.79 Å². The maximum atomic E-state index is 11.8. The maximum Gasteiger partial charge on any atom is 0.408 e. The standard InChI is InChI=1S/C16H31NO3/c1-15(2,3)20-14(19)17-16(4,5)13(18)11-12-9-7-6-8-10-12/h12-13,18H,6-11H2,1-5H3,(H,17,19). The Balaban J connectivity index is 2.47. The van der Waals surface area contributed by atoms with Crippen LogP contribution in [0.1, 0.15) is 73.1 Å². The van der Waals surface area contributed by atoms with Crippen molar-refractivity contribution >= 4 is 6.09 Å². The highest BCUT2D eigenvalue weighted by atomic mass is 16.6. The van der Waals surface area contributed by atoms with Gasteiger partial charge in [0.2, 0.25) is 0 Å². The fourth-order valence-corrected chi connectivity index (χ4v) is 2.68. The minimum absolute atomic E-state index is 0.467. The van der Waals surface area contributed by atoms with E-state index in [9.17, 15) is 9.90 Å². The van der Waals surface area contributed by atoms with E-state index in [0.717, 1.165) is 6.42 Å². The highest BCUT2D eigenvalue weighted by Gasteiger charge is 2.33. The van der Waals surface area contributed by atoms with Crippen molar-refractivity contribution in [1.82, 2.24) is 5.32 Å². The molecule has 1 amide bonds. The molecule has 0 radical (unpaired) electrons. The molecular weight excluding hydrogens is 254 g/mol. The smallest absolute Gasteiger partial charge is 0.408 e. The Morgan fingerprint density at radius 3 is 2.25 bits per heavy atom. The third-order valence-electron chi connectivity index (χ3n) is 3.94. The fraction of sp³-hybridized carbons (Fsp3) is 0.938. The molecule has 2 N–H and O–H groups in total. The summed E-state index contributed by atoms with van der Waals surface area (Å²) in [6, 6.07) is 0. The molecule has 0 bridgehead atoms. The van der Waals surface area contributed by atoms with Crippen molar-refractivity contribution in [3.63, 3.8) is 0 Å². The number of carbonyl (C=O) groups excluding carboxylic acids is 1. The molecule has 0 aromatic carbocycles. The number of alkyl carbamates (subject to hydrolysis) is 1. The van der Waals surface area contributed by atoms with Crippen LogP contribution in [0.25, 0.3) is 0 Å². The number of amides is 1. The second-order valence-corrected chi connectivity index (χ2v) is 7.60.